The van der Waals surface area contributed by atoms with Gasteiger partial charge in [-0.3, -0.25) is 4.79 Å². The molecular weight excluding hydrogens is 170 g/mol. The van der Waals surface area contributed by atoms with Crippen LogP contribution in [0.1, 0.15) is 20.3 Å². The van der Waals surface area contributed by atoms with Crippen molar-refractivity contribution < 1.29 is 14.6 Å². The average Bonchev–Trinajstić information content (AvgIpc) is 2.02. The fraction of sp³-hybridized carbons (Fsp3) is 0.889. The third-order valence-corrected chi connectivity index (χ3v) is 1.74. The number of carbonyl (C=O) groups is 1. The second-order valence-electron chi connectivity index (χ2n) is 3.48. The zero-order chi connectivity index (χ0) is 10.3. The quantitative estimate of drug-likeness (QED) is 0.619. The molecule has 0 bridgehead atoms. The van der Waals surface area contributed by atoms with Gasteiger partial charge in [-0.25, -0.2) is 0 Å². The molecule has 1 unspecified atom stereocenters. The summed E-state index contributed by atoms with van der Waals surface area (Å²) in [5.41, 5.74) is 0. The van der Waals surface area contributed by atoms with Gasteiger partial charge in [-0.05, 0) is 18.9 Å². The summed E-state index contributed by atoms with van der Waals surface area (Å²) in [5.74, 6) is -0.268. The van der Waals surface area contributed by atoms with Gasteiger partial charge in [0, 0.05) is 7.11 Å². The molecule has 0 aliphatic carbocycles. The van der Waals surface area contributed by atoms with Crippen LogP contribution in [0.4, 0.5) is 0 Å². The zero-order valence-electron chi connectivity index (χ0n) is 8.54. The van der Waals surface area contributed by atoms with Gasteiger partial charge in [-0.2, -0.15) is 0 Å². The van der Waals surface area contributed by atoms with E-state index >= 15 is 0 Å². The Hall–Kier alpha value is -0.610. The first kappa shape index (κ1) is 12.4. The van der Waals surface area contributed by atoms with Gasteiger partial charge in [-0.15, -0.1) is 0 Å². The Labute approximate surface area is 79.3 Å². The van der Waals surface area contributed by atoms with Gasteiger partial charge >= 0.3 is 5.97 Å². The normalized spacial score (nSPS) is 13.2. The molecule has 0 aliphatic rings. The Morgan fingerprint density at radius 2 is 2.15 bits per heavy atom. The smallest absolute Gasteiger partial charge is 0.323 e. The highest BCUT2D eigenvalue weighted by atomic mass is 16.5. The van der Waals surface area contributed by atoms with Crippen molar-refractivity contribution in [3.8, 4) is 0 Å². The molecule has 4 nitrogen and oxygen atoms in total. The highest BCUT2D eigenvalue weighted by Gasteiger charge is 2.15. The number of hydrogen-bond acceptors (Lipinski definition) is 3. The van der Waals surface area contributed by atoms with Crippen LogP contribution in [0.15, 0.2) is 0 Å². The minimum Gasteiger partial charge on any atom is -0.480 e. The molecule has 4 heteroatoms. The number of ether oxygens (including phenoxy) is 1. The molecule has 0 fully saturated rings. The summed E-state index contributed by atoms with van der Waals surface area (Å²) in [4.78, 5) is 10.6. The number of hydrogen-bond donors (Lipinski definition) is 2. The molecule has 0 aliphatic heterocycles. The number of aliphatic carboxylic acids is 1. The minimum absolute atomic E-state index is 0.216. The van der Waals surface area contributed by atoms with Crippen molar-refractivity contribution in [2.24, 2.45) is 5.92 Å². The number of nitrogens with one attached hydrogen (secondary N) is 1. The van der Waals surface area contributed by atoms with Crippen LogP contribution in [0.2, 0.25) is 0 Å². The van der Waals surface area contributed by atoms with Gasteiger partial charge in [0.1, 0.15) is 6.04 Å². The zero-order valence-corrected chi connectivity index (χ0v) is 8.54. The topological polar surface area (TPSA) is 58.6 Å². The standard InChI is InChI=1S/C9H19NO3/c1-7(2)4-5-10-8(6-13-3)9(11)12/h7-8,10H,4-6H2,1-3H3,(H,11,12). The Balaban J connectivity index is 3.63. The number of carboxylic acid groups (broad SMARTS) is 1. The molecule has 0 aromatic rings. The first-order valence-electron chi connectivity index (χ1n) is 4.53. The van der Waals surface area contributed by atoms with Crippen molar-refractivity contribution >= 4 is 5.97 Å². The van der Waals surface area contributed by atoms with Gasteiger partial charge in [-0.1, -0.05) is 13.8 Å². The van der Waals surface area contributed by atoms with E-state index in [1.807, 2.05) is 0 Å². The second kappa shape index (κ2) is 6.86. The maximum Gasteiger partial charge on any atom is 0.323 e. The van der Waals surface area contributed by atoms with Gasteiger partial charge in [0.15, 0.2) is 0 Å². The lowest BCUT2D eigenvalue weighted by Gasteiger charge is -2.13. The minimum atomic E-state index is -0.856. The molecule has 0 rings (SSSR count). The highest BCUT2D eigenvalue weighted by molar-refractivity contribution is 5.73. The predicted octanol–water partition coefficient (Wildman–Crippen LogP) is 0.722. The van der Waals surface area contributed by atoms with Crippen molar-refractivity contribution in [2.75, 3.05) is 20.3 Å². The monoisotopic (exact) mass is 189 g/mol. The average molecular weight is 189 g/mol. The molecule has 0 aromatic heterocycles. The van der Waals surface area contributed by atoms with E-state index in [9.17, 15) is 4.79 Å². The molecular formula is C9H19NO3. The van der Waals surface area contributed by atoms with Crippen molar-refractivity contribution in [3.05, 3.63) is 0 Å². The molecule has 1 atom stereocenters. The van der Waals surface area contributed by atoms with E-state index < -0.39 is 12.0 Å². The maximum absolute atomic E-state index is 10.6. The summed E-state index contributed by atoms with van der Waals surface area (Å²) in [6, 6.07) is -0.580. The number of rotatable bonds is 7. The fourth-order valence-corrected chi connectivity index (χ4v) is 0.930. The van der Waals surface area contributed by atoms with Crippen molar-refractivity contribution in [2.45, 2.75) is 26.3 Å². The largest absolute Gasteiger partial charge is 0.480 e. The van der Waals surface area contributed by atoms with Crippen molar-refractivity contribution in [3.63, 3.8) is 0 Å². The van der Waals surface area contributed by atoms with Crippen LogP contribution in [0.3, 0.4) is 0 Å². The summed E-state index contributed by atoms with van der Waals surface area (Å²) in [6.45, 7) is 5.15. The predicted molar refractivity (Wildman–Crippen MR) is 50.8 cm³/mol. The SMILES string of the molecule is COCC(NCCC(C)C)C(=O)O. The summed E-state index contributed by atoms with van der Waals surface area (Å²) in [6.07, 6.45) is 0.980. The molecule has 13 heavy (non-hydrogen) atoms. The lowest BCUT2D eigenvalue weighted by Crippen LogP contribution is -2.41. The van der Waals surface area contributed by atoms with Crippen LogP contribution in [0.5, 0.6) is 0 Å². The van der Waals surface area contributed by atoms with E-state index in [0.717, 1.165) is 13.0 Å². The lowest BCUT2D eigenvalue weighted by molar-refractivity contribution is -0.140. The summed E-state index contributed by atoms with van der Waals surface area (Å²) >= 11 is 0. The van der Waals surface area contributed by atoms with Gasteiger partial charge in [0.2, 0.25) is 0 Å². The van der Waals surface area contributed by atoms with Crippen LogP contribution in [-0.4, -0.2) is 37.4 Å². The van der Waals surface area contributed by atoms with Crippen LogP contribution < -0.4 is 5.32 Å². The van der Waals surface area contributed by atoms with E-state index in [0.29, 0.717) is 5.92 Å². The van der Waals surface area contributed by atoms with E-state index in [4.69, 9.17) is 9.84 Å². The third kappa shape index (κ3) is 6.54. The van der Waals surface area contributed by atoms with E-state index in [-0.39, 0.29) is 6.61 Å². The van der Waals surface area contributed by atoms with Gasteiger partial charge < -0.3 is 15.2 Å². The van der Waals surface area contributed by atoms with Gasteiger partial charge in [0.05, 0.1) is 6.61 Å². The first-order valence-corrected chi connectivity index (χ1v) is 4.53. The molecule has 0 heterocycles. The van der Waals surface area contributed by atoms with Crippen LogP contribution >= 0.6 is 0 Å². The van der Waals surface area contributed by atoms with E-state index in [2.05, 4.69) is 19.2 Å². The lowest BCUT2D eigenvalue weighted by atomic mass is 10.1. The summed E-state index contributed by atoms with van der Waals surface area (Å²) < 4.78 is 4.78. The Morgan fingerprint density at radius 1 is 1.54 bits per heavy atom. The second-order valence-corrected chi connectivity index (χ2v) is 3.48. The first-order chi connectivity index (χ1) is 6.07. The van der Waals surface area contributed by atoms with Gasteiger partial charge in [0.25, 0.3) is 0 Å². The third-order valence-electron chi connectivity index (χ3n) is 1.74. The Bertz CT molecular complexity index is 148. The summed E-state index contributed by atoms with van der Waals surface area (Å²) in [5, 5.41) is 11.7. The number of carboxylic acids is 1. The van der Waals surface area contributed by atoms with E-state index in [1.54, 1.807) is 0 Å². The Kier molecular flexibility index (Phi) is 6.54. The van der Waals surface area contributed by atoms with Crippen LogP contribution in [-0.2, 0) is 9.53 Å². The molecule has 0 spiro atoms. The maximum atomic E-state index is 10.6. The Morgan fingerprint density at radius 3 is 2.54 bits per heavy atom. The summed E-state index contributed by atoms with van der Waals surface area (Å²) in [7, 11) is 1.50. The molecule has 0 saturated heterocycles. The van der Waals surface area contributed by atoms with Crippen molar-refractivity contribution in [1.29, 1.82) is 0 Å². The fourth-order valence-electron chi connectivity index (χ4n) is 0.930. The van der Waals surface area contributed by atoms with E-state index in [1.165, 1.54) is 7.11 Å². The van der Waals surface area contributed by atoms with Crippen LogP contribution in [0, 0.1) is 5.92 Å². The highest BCUT2D eigenvalue weighted by Crippen LogP contribution is 1.97. The molecule has 0 amide bonds. The molecule has 0 aromatic carbocycles. The number of methoxy groups -OCH3 is 1. The van der Waals surface area contributed by atoms with Crippen LogP contribution in [0.25, 0.3) is 0 Å². The molecule has 78 valence electrons. The molecule has 0 saturated carbocycles. The molecule has 0 radical (unpaired) electrons. The van der Waals surface area contributed by atoms with Crippen molar-refractivity contribution in [1.82, 2.24) is 5.32 Å². The molecule has 2 N–H and O–H groups in total.